The van der Waals surface area contributed by atoms with Gasteiger partial charge < -0.3 is 9.88 Å². The molecule has 0 amide bonds. The monoisotopic (exact) mass is 236 g/mol. The molecule has 17 heavy (non-hydrogen) atoms. The van der Waals surface area contributed by atoms with Gasteiger partial charge in [0.2, 0.25) is 0 Å². The summed E-state index contributed by atoms with van der Waals surface area (Å²) in [6, 6.07) is 0. The molecule has 1 aliphatic heterocycles. The van der Waals surface area contributed by atoms with Gasteiger partial charge in [0.05, 0.1) is 6.54 Å². The smallest absolute Gasteiger partial charge is 0.147 e. The van der Waals surface area contributed by atoms with Crippen LogP contribution in [0.3, 0.4) is 0 Å². The van der Waals surface area contributed by atoms with Crippen LogP contribution in [0.2, 0.25) is 0 Å². The van der Waals surface area contributed by atoms with Crippen molar-refractivity contribution in [3.05, 3.63) is 11.6 Å². The van der Waals surface area contributed by atoms with Gasteiger partial charge in [0.15, 0.2) is 0 Å². The van der Waals surface area contributed by atoms with Gasteiger partial charge in [0.1, 0.15) is 11.6 Å². The maximum atomic E-state index is 4.28. The normalized spacial score (nSPS) is 15.2. The van der Waals surface area contributed by atoms with E-state index in [0.717, 1.165) is 37.8 Å². The number of hydrogen-bond donors (Lipinski definition) is 1. The second-order valence-corrected chi connectivity index (χ2v) is 5.35. The third-order valence-electron chi connectivity index (χ3n) is 3.35. The van der Waals surface area contributed by atoms with E-state index >= 15 is 0 Å². The minimum atomic E-state index is 0.803. The number of rotatable bonds is 6. The first-order chi connectivity index (χ1) is 8.27. The summed E-state index contributed by atoms with van der Waals surface area (Å²) in [6.45, 7) is 7.60. The van der Waals surface area contributed by atoms with Crippen molar-refractivity contribution in [2.45, 2.75) is 59.0 Å². The second kappa shape index (κ2) is 6.15. The summed E-state index contributed by atoms with van der Waals surface area (Å²) >= 11 is 0. The first-order valence-corrected chi connectivity index (χ1v) is 6.89. The summed E-state index contributed by atoms with van der Waals surface area (Å²) in [5, 5.41) is 12.0. The highest BCUT2D eigenvalue weighted by Crippen LogP contribution is 2.13. The van der Waals surface area contributed by atoms with Gasteiger partial charge in [0.25, 0.3) is 0 Å². The Labute approximate surface area is 104 Å². The Morgan fingerprint density at radius 1 is 1.29 bits per heavy atom. The van der Waals surface area contributed by atoms with Gasteiger partial charge in [-0.2, -0.15) is 0 Å². The van der Waals surface area contributed by atoms with Crippen LogP contribution in [0.25, 0.3) is 0 Å². The van der Waals surface area contributed by atoms with Crippen LogP contribution < -0.4 is 5.32 Å². The van der Waals surface area contributed by atoms with Crippen LogP contribution in [-0.2, 0) is 19.5 Å². The fourth-order valence-electron chi connectivity index (χ4n) is 2.33. The van der Waals surface area contributed by atoms with Crippen molar-refractivity contribution in [2.75, 3.05) is 6.54 Å². The van der Waals surface area contributed by atoms with Gasteiger partial charge in [-0.15, -0.1) is 10.2 Å². The van der Waals surface area contributed by atoms with Crippen molar-refractivity contribution in [3.8, 4) is 0 Å². The lowest BCUT2D eigenvalue weighted by Crippen LogP contribution is -2.20. The van der Waals surface area contributed by atoms with E-state index in [0.29, 0.717) is 0 Å². The van der Waals surface area contributed by atoms with Gasteiger partial charge in [-0.05, 0) is 38.1 Å². The first-order valence-electron chi connectivity index (χ1n) is 6.89. The van der Waals surface area contributed by atoms with Crippen LogP contribution in [-0.4, -0.2) is 21.3 Å². The molecule has 96 valence electrons. The van der Waals surface area contributed by atoms with Crippen LogP contribution in [0.4, 0.5) is 0 Å². The lowest BCUT2D eigenvalue weighted by molar-refractivity contribution is 0.487. The molecule has 0 spiro atoms. The number of hydrogen-bond acceptors (Lipinski definition) is 3. The Morgan fingerprint density at radius 3 is 3.00 bits per heavy atom. The maximum absolute atomic E-state index is 4.28. The highest BCUT2D eigenvalue weighted by Gasteiger charge is 2.14. The molecule has 4 nitrogen and oxygen atoms in total. The van der Waals surface area contributed by atoms with Crippen molar-refractivity contribution >= 4 is 0 Å². The summed E-state index contributed by atoms with van der Waals surface area (Å²) in [5.74, 6) is 3.09. The molecule has 1 aliphatic rings. The molecule has 4 heteroatoms. The van der Waals surface area contributed by atoms with E-state index in [4.69, 9.17) is 0 Å². The van der Waals surface area contributed by atoms with Crippen LogP contribution in [0, 0.1) is 5.92 Å². The van der Waals surface area contributed by atoms with Crippen LogP contribution >= 0.6 is 0 Å². The standard InChI is InChI=1S/C13H24N4/c1-11(2)6-5-8-14-10-13-16-15-12-7-3-4-9-17(12)13/h11,14H,3-10H2,1-2H3. The molecule has 0 radical (unpaired) electrons. The van der Waals surface area contributed by atoms with Gasteiger partial charge in [-0.1, -0.05) is 13.8 Å². The third-order valence-corrected chi connectivity index (χ3v) is 3.35. The Morgan fingerprint density at radius 2 is 2.18 bits per heavy atom. The molecule has 0 saturated heterocycles. The maximum Gasteiger partial charge on any atom is 0.147 e. The van der Waals surface area contributed by atoms with Gasteiger partial charge in [0, 0.05) is 13.0 Å². The van der Waals surface area contributed by atoms with Gasteiger partial charge in [-0.3, -0.25) is 0 Å². The zero-order valence-electron chi connectivity index (χ0n) is 11.1. The molecule has 1 aromatic heterocycles. The summed E-state index contributed by atoms with van der Waals surface area (Å²) in [6.07, 6.45) is 6.18. The van der Waals surface area contributed by atoms with Crippen molar-refractivity contribution in [1.29, 1.82) is 0 Å². The molecule has 0 bridgehead atoms. The molecular formula is C13H24N4. The quantitative estimate of drug-likeness (QED) is 0.770. The van der Waals surface area contributed by atoms with Crippen LogP contribution in [0.15, 0.2) is 0 Å². The fourth-order valence-corrected chi connectivity index (χ4v) is 2.33. The summed E-state index contributed by atoms with van der Waals surface area (Å²) < 4.78 is 2.29. The van der Waals surface area contributed by atoms with E-state index in [-0.39, 0.29) is 0 Å². The molecule has 0 atom stereocenters. The van der Waals surface area contributed by atoms with E-state index in [1.54, 1.807) is 0 Å². The summed E-state index contributed by atoms with van der Waals surface area (Å²) in [4.78, 5) is 0. The van der Waals surface area contributed by atoms with E-state index in [1.165, 1.54) is 31.5 Å². The van der Waals surface area contributed by atoms with E-state index in [1.807, 2.05) is 0 Å². The number of aryl methyl sites for hydroxylation is 1. The zero-order valence-corrected chi connectivity index (χ0v) is 11.1. The zero-order chi connectivity index (χ0) is 12.1. The molecule has 0 saturated carbocycles. The molecule has 2 rings (SSSR count). The Kier molecular flexibility index (Phi) is 4.54. The topological polar surface area (TPSA) is 42.7 Å². The average Bonchev–Trinajstić information content (AvgIpc) is 2.72. The van der Waals surface area contributed by atoms with Crippen molar-refractivity contribution < 1.29 is 0 Å². The van der Waals surface area contributed by atoms with E-state index in [2.05, 4.69) is 33.9 Å². The van der Waals surface area contributed by atoms with Crippen LogP contribution in [0.5, 0.6) is 0 Å². The van der Waals surface area contributed by atoms with Crippen molar-refractivity contribution in [1.82, 2.24) is 20.1 Å². The Hall–Kier alpha value is -0.900. The lowest BCUT2D eigenvalue weighted by Gasteiger charge is -2.14. The summed E-state index contributed by atoms with van der Waals surface area (Å²) in [5.41, 5.74) is 0. The third kappa shape index (κ3) is 3.53. The predicted molar refractivity (Wildman–Crippen MR) is 68.7 cm³/mol. The number of aromatic nitrogens is 3. The molecule has 1 N–H and O–H groups in total. The van der Waals surface area contributed by atoms with Crippen LogP contribution in [0.1, 0.15) is 51.2 Å². The fraction of sp³-hybridized carbons (Fsp3) is 0.846. The largest absolute Gasteiger partial charge is 0.314 e. The van der Waals surface area contributed by atoms with Gasteiger partial charge >= 0.3 is 0 Å². The van der Waals surface area contributed by atoms with E-state index in [9.17, 15) is 0 Å². The molecular weight excluding hydrogens is 212 g/mol. The molecule has 0 unspecified atom stereocenters. The average molecular weight is 236 g/mol. The SMILES string of the molecule is CC(C)CCCNCc1nnc2n1CCCC2. The second-order valence-electron chi connectivity index (χ2n) is 5.35. The number of nitrogens with one attached hydrogen (secondary N) is 1. The highest BCUT2D eigenvalue weighted by atomic mass is 15.3. The molecule has 0 aliphatic carbocycles. The molecule has 0 fully saturated rings. The van der Waals surface area contributed by atoms with Crippen molar-refractivity contribution in [2.24, 2.45) is 5.92 Å². The number of nitrogens with zero attached hydrogens (tertiary/aromatic N) is 3. The number of fused-ring (bicyclic) bond motifs is 1. The van der Waals surface area contributed by atoms with Gasteiger partial charge in [-0.25, -0.2) is 0 Å². The Bertz CT molecular complexity index is 343. The minimum absolute atomic E-state index is 0.803. The lowest BCUT2D eigenvalue weighted by atomic mass is 10.1. The predicted octanol–water partition coefficient (Wildman–Crippen LogP) is 2.14. The van der Waals surface area contributed by atoms with Crippen molar-refractivity contribution in [3.63, 3.8) is 0 Å². The first kappa shape index (κ1) is 12.6. The highest BCUT2D eigenvalue weighted by molar-refractivity contribution is 4.98. The minimum Gasteiger partial charge on any atom is -0.314 e. The molecule has 1 aromatic rings. The molecule has 2 heterocycles. The van der Waals surface area contributed by atoms with E-state index < -0.39 is 0 Å². The Balaban J connectivity index is 1.74. The summed E-state index contributed by atoms with van der Waals surface area (Å²) in [7, 11) is 0. The molecule has 0 aromatic carbocycles.